The first-order valence-electron chi connectivity index (χ1n) is 8.12. The first kappa shape index (κ1) is 14.8. The molecule has 2 saturated heterocycles. The summed E-state index contributed by atoms with van der Waals surface area (Å²) in [5.74, 6) is 0.346. The van der Waals surface area contributed by atoms with E-state index < -0.39 is 0 Å². The third kappa shape index (κ3) is 2.67. The van der Waals surface area contributed by atoms with Gasteiger partial charge in [0.2, 0.25) is 5.91 Å². The summed E-state index contributed by atoms with van der Waals surface area (Å²) in [5.41, 5.74) is 0.344. The Morgan fingerprint density at radius 1 is 1.21 bits per heavy atom. The SMILES string of the molecule is CCCCC(C)(CC)N1C[C@@H]2C[C@H]1CN2C(=O)CC. The van der Waals surface area contributed by atoms with E-state index in [9.17, 15) is 4.79 Å². The second-order valence-corrected chi connectivity index (χ2v) is 6.55. The van der Waals surface area contributed by atoms with Crippen molar-refractivity contribution in [3.05, 3.63) is 0 Å². The molecule has 0 aromatic rings. The van der Waals surface area contributed by atoms with Crippen LogP contribution in [-0.2, 0) is 4.79 Å². The minimum absolute atomic E-state index is 0.344. The first-order valence-corrected chi connectivity index (χ1v) is 8.12. The lowest BCUT2D eigenvalue weighted by Gasteiger charge is -2.46. The van der Waals surface area contributed by atoms with Gasteiger partial charge in [0.05, 0.1) is 0 Å². The Labute approximate surface area is 118 Å². The van der Waals surface area contributed by atoms with Crippen LogP contribution in [0.5, 0.6) is 0 Å². The molecule has 3 nitrogen and oxygen atoms in total. The van der Waals surface area contributed by atoms with Gasteiger partial charge in [0.15, 0.2) is 0 Å². The van der Waals surface area contributed by atoms with E-state index in [1.54, 1.807) is 0 Å². The molecule has 2 fully saturated rings. The van der Waals surface area contributed by atoms with Crippen molar-refractivity contribution in [3.8, 4) is 0 Å². The number of hydrogen-bond acceptors (Lipinski definition) is 2. The van der Waals surface area contributed by atoms with Crippen molar-refractivity contribution >= 4 is 5.91 Å². The lowest BCUT2D eigenvalue weighted by atomic mass is 9.89. The number of carbonyl (C=O) groups is 1. The van der Waals surface area contributed by atoms with E-state index in [0.29, 0.717) is 30.0 Å². The third-order valence-electron chi connectivity index (χ3n) is 5.39. The normalized spacial score (nSPS) is 29.8. The summed E-state index contributed by atoms with van der Waals surface area (Å²) < 4.78 is 0. The molecule has 3 heteroatoms. The Kier molecular flexibility index (Phi) is 4.54. The molecule has 0 N–H and O–H groups in total. The molecule has 2 aliphatic rings. The predicted octanol–water partition coefficient (Wildman–Crippen LogP) is 3.04. The molecule has 2 rings (SSSR count). The van der Waals surface area contributed by atoms with Crippen LogP contribution in [0.4, 0.5) is 0 Å². The largest absolute Gasteiger partial charge is 0.337 e. The monoisotopic (exact) mass is 266 g/mol. The molecule has 2 bridgehead atoms. The van der Waals surface area contributed by atoms with E-state index in [1.165, 1.54) is 32.1 Å². The molecular weight excluding hydrogens is 236 g/mol. The predicted molar refractivity (Wildman–Crippen MR) is 79.1 cm³/mol. The zero-order chi connectivity index (χ0) is 14.0. The van der Waals surface area contributed by atoms with E-state index in [0.717, 1.165) is 13.1 Å². The van der Waals surface area contributed by atoms with Crippen molar-refractivity contribution in [3.63, 3.8) is 0 Å². The average Bonchev–Trinajstić information content (AvgIpc) is 3.04. The number of fused-ring (bicyclic) bond motifs is 2. The Morgan fingerprint density at radius 2 is 1.95 bits per heavy atom. The molecule has 0 aliphatic carbocycles. The summed E-state index contributed by atoms with van der Waals surface area (Å²) in [7, 11) is 0. The highest BCUT2D eigenvalue weighted by Gasteiger charge is 2.49. The fourth-order valence-corrected chi connectivity index (χ4v) is 3.92. The van der Waals surface area contributed by atoms with Crippen LogP contribution < -0.4 is 0 Å². The van der Waals surface area contributed by atoms with Gasteiger partial charge in [-0.25, -0.2) is 0 Å². The number of amides is 1. The summed E-state index contributed by atoms with van der Waals surface area (Å²) in [4.78, 5) is 16.8. The zero-order valence-electron chi connectivity index (χ0n) is 13.1. The number of rotatable bonds is 6. The van der Waals surface area contributed by atoms with Crippen molar-refractivity contribution in [2.45, 2.75) is 83.8 Å². The standard InChI is InChI=1S/C16H30N2O/c1-5-8-9-16(4,7-3)18-12-13-10-14(18)11-17(13)15(19)6-2/h13-14H,5-12H2,1-4H3/t13-,14-,16?/m0/s1. The van der Waals surface area contributed by atoms with Crippen LogP contribution >= 0.6 is 0 Å². The molecule has 0 aromatic heterocycles. The number of nitrogens with zero attached hydrogens (tertiary/aromatic N) is 2. The van der Waals surface area contributed by atoms with Gasteiger partial charge in [-0.2, -0.15) is 0 Å². The van der Waals surface area contributed by atoms with Gasteiger partial charge in [-0.3, -0.25) is 9.69 Å². The van der Waals surface area contributed by atoms with Crippen molar-refractivity contribution in [1.82, 2.24) is 9.80 Å². The van der Waals surface area contributed by atoms with Gasteiger partial charge >= 0.3 is 0 Å². The highest BCUT2D eigenvalue weighted by molar-refractivity contribution is 5.76. The number of piperazine rings is 1. The lowest BCUT2D eigenvalue weighted by Crippen LogP contribution is -2.56. The number of hydrogen-bond donors (Lipinski definition) is 0. The van der Waals surface area contributed by atoms with Gasteiger partial charge in [0.1, 0.15) is 0 Å². The lowest BCUT2D eigenvalue weighted by molar-refractivity contribution is -0.134. The molecule has 0 radical (unpaired) electrons. The van der Waals surface area contributed by atoms with Crippen molar-refractivity contribution in [2.75, 3.05) is 13.1 Å². The second kappa shape index (κ2) is 5.82. The Morgan fingerprint density at radius 3 is 2.42 bits per heavy atom. The van der Waals surface area contributed by atoms with Crippen molar-refractivity contribution in [1.29, 1.82) is 0 Å². The number of likely N-dealkylation sites (tertiary alicyclic amines) is 2. The van der Waals surface area contributed by atoms with Gasteiger partial charge in [0, 0.05) is 37.1 Å². The fraction of sp³-hybridized carbons (Fsp3) is 0.938. The summed E-state index contributed by atoms with van der Waals surface area (Å²) in [6.45, 7) is 11.1. The molecule has 2 aliphatic heterocycles. The van der Waals surface area contributed by atoms with Crippen LogP contribution in [0.1, 0.15) is 66.2 Å². The number of carbonyl (C=O) groups excluding carboxylic acids is 1. The maximum atomic E-state index is 11.9. The fourth-order valence-electron chi connectivity index (χ4n) is 3.92. The van der Waals surface area contributed by atoms with Gasteiger partial charge in [0.25, 0.3) is 0 Å². The molecule has 1 amide bonds. The molecule has 2 heterocycles. The van der Waals surface area contributed by atoms with Crippen molar-refractivity contribution < 1.29 is 4.79 Å². The maximum absolute atomic E-state index is 11.9. The van der Waals surface area contributed by atoms with Crippen LogP contribution in [-0.4, -0.2) is 46.4 Å². The minimum atomic E-state index is 0.344. The third-order valence-corrected chi connectivity index (χ3v) is 5.39. The zero-order valence-corrected chi connectivity index (χ0v) is 13.1. The Balaban J connectivity index is 2.01. The quantitative estimate of drug-likeness (QED) is 0.738. The van der Waals surface area contributed by atoms with Crippen molar-refractivity contribution in [2.24, 2.45) is 0 Å². The second-order valence-electron chi connectivity index (χ2n) is 6.55. The molecule has 3 atom stereocenters. The van der Waals surface area contributed by atoms with Crippen LogP contribution in [0, 0.1) is 0 Å². The first-order chi connectivity index (χ1) is 9.05. The van der Waals surface area contributed by atoms with E-state index in [2.05, 4.69) is 30.6 Å². The highest BCUT2D eigenvalue weighted by Crippen LogP contribution is 2.39. The highest BCUT2D eigenvalue weighted by atomic mass is 16.2. The molecule has 1 unspecified atom stereocenters. The molecule has 0 aromatic carbocycles. The number of unbranched alkanes of at least 4 members (excludes halogenated alkanes) is 1. The summed E-state index contributed by atoms with van der Waals surface area (Å²) in [6, 6.07) is 1.10. The molecule has 110 valence electrons. The van der Waals surface area contributed by atoms with Crippen LogP contribution in [0.2, 0.25) is 0 Å². The molecular formula is C16H30N2O. The topological polar surface area (TPSA) is 23.6 Å². The molecule has 0 spiro atoms. The van der Waals surface area contributed by atoms with Gasteiger partial charge < -0.3 is 4.90 Å². The van der Waals surface area contributed by atoms with E-state index in [-0.39, 0.29) is 0 Å². The van der Waals surface area contributed by atoms with Crippen LogP contribution in [0.15, 0.2) is 0 Å². The summed E-state index contributed by atoms with van der Waals surface area (Å²) in [5, 5.41) is 0. The average molecular weight is 266 g/mol. The smallest absolute Gasteiger partial charge is 0.222 e. The molecule has 19 heavy (non-hydrogen) atoms. The van der Waals surface area contributed by atoms with Crippen LogP contribution in [0.25, 0.3) is 0 Å². The van der Waals surface area contributed by atoms with Crippen LogP contribution in [0.3, 0.4) is 0 Å². The Hall–Kier alpha value is -0.570. The van der Waals surface area contributed by atoms with E-state index in [4.69, 9.17) is 0 Å². The van der Waals surface area contributed by atoms with E-state index in [1.807, 2.05) is 6.92 Å². The van der Waals surface area contributed by atoms with Gasteiger partial charge in [-0.1, -0.05) is 33.6 Å². The summed E-state index contributed by atoms with van der Waals surface area (Å²) >= 11 is 0. The minimum Gasteiger partial charge on any atom is -0.337 e. The van der Waals surface area contributed by atoms with Gasteiger partial charge in [-0.05, 0) is 26.2 Å². The Bertz CT molecular complexity index is 331. The van der Waals surface area contributed by atoms with Gasteiger partial charge in [-0.15, -0.1) is 0 Å². The maximum Gasteiger partial charge on any atom is 0.222 e. The van der Waals surface area contributed by atoms with E-state index >= 15 is 0 Å². The molecule has 0 saturated carbocycles. The summed E-state index contributed by atoms with van der Waals surface area (Å²) in [6.07, 6.45) is 6.97.